The van der Waals surface area contributed by atoms with Crippen LogP contribution in [0.5, 0.6) is 0 Å². The zero-order chi connectivity index (χ0) is 13.9. The molecule has 0 aromatic carbocycles. The van der Waals surface area contributed by atoms with Gasteiger partial charge < -0.3 is 10.2 Å². The van der Waals surface area contributed by atoms with Gasteiger partial charge in [-0.3, -0.25) is 0 Å². The molecular weight excluding hydrogens is 276 g/mol. The normalized spacial score (nSPS) is 10.4. The molecule has 4 rings (SSSR count). The summed E-state index contributed by atoms with van der Waals surface area (Å²) >= 11 is 5.84. The van der Waals surface area contributed by atoms with Crippen molar-refractivity contribution < 1.29 is 5.21 Å². The fourth-order valence-corrected chi connectivity index (χ4v) is 2.09. The Labute approximate surface area is 119 Å². The molecule has 2 aliphatic heterocycles. The second-order valence-corrected chi connectivity index (χ2v) is 4.52. The Kier molecular flexibility index (Phi) is 3.26. The number of halogens is 1. The first-order valence-electron chi connectivity index (χ1n) is 5.94. The van der Waals surface area contributed by atoms with E-state index < -0.39 is 0 Å². The molecule has 0 saturated carbocycles. The number of fused-ring (bicyclic) bond motifs is 2. The average Bonchev–Trinajstić information content (AvgIpc) is 3.08. The molecule has 0 aliphatic carbocycles. The van der Waals surface area contributed by atoms with Crippen molar-refractivity contribution in [2.75, 3.05) is 0 Å². The lowest BCUT2D eigenvalue weighted by atomic mass is 10.3. The third kappa shape index (κ3) is 2.31. The highest BCUT2D eigenvalue weighted by Crippen LogP contribution is 2.19. The van der Waals surface area contributed by atoms with Crippen LogP contribution in [-0.2, 0) is 0 Å². The van der Waals surface area contributed by atoms with Crippen LogP contribution in [0.2, 0.25) is 5.02 Å². The van der Waals surface area contributed by atoms with Gasteiger partial charge in [0.15, 0.2) is 5.82 Å². The highest BCUT2D eigenvalue weighted by molar-refractivity contribution is 6.35. The number of hydrogen-bond donors (Lipinski definition) is 2. The molecule has 0 bridgehead atoms. The molecule has 0 fully saturated rings. The van der Waals surface area contributed by atoms with Crippen molar-refractivity contribution in [1.29, 1.82) is 0 Å². The quantitative estimate of drug-likeness (QED) is 0.487. The molecule has 100 valence electrons. The molecule has 0 spiro atoms. The summed E-state index contributed by atoms with van der Waals surface area (Å²) in [6.45, 7) is 0. The first-order chi connectivity index (χ1) is 9.75. The highest BCUT2D eigenvalue weighted by Gasteiger charge is 2.04. The van der Waals surface area contributed by atoms with E-state index in [0.717, 1.165) is 26.3 Å². The summed E-state index contributed by atoms with van der Waals surface area (Å²) in [4.78, 5) is 11.0. The predicted molar refractivity (Wildman–Crippen MR) is 77.1 cm³/mol. The van der Waals surface area contributed by atoms with E-state index in [2.05, 4.69) is 15.0 Å². The third-order valence-corrected chi connectivity index (χ3v) is 3.17. The van der Waals surface area contributed by atoms with Crippen LogP contribution in [0, 0.1) is 0 Å². The van der Waals surface area contributed by atoms with Gasteiger partial charge in [0.05, 0.1) is 5.02 Å². The molecule has 0 saturated heterocycles. The lowest BCUT2D eigenvalue weighted by Crippen LogP contribution is -1.96. The Bertz CT molecular complexity index is 807. The van der Waals surface area contributed by atoms with Gasteiger partial charge in [0, 0.05) is 35.7 Å². The van der Waals surface area contributed by atoms with Crippen LogP contribution < -0.4 is 0 Å². The number of rotatable bonds is 0. The van der Waals surface area contributed by atoms with Gasteiger partial charge in [0.1, 0.15) is 5.65 Å². The largest absolute Gasteiger partial charge is 0.427 e. The number of H-pyrrole nitrogens is 1. The number of aromatic amines is 1. The maximum Gasteiger partial charge on any atom is 0.175 e. The summed E-state index contributed by atoms with van der Waals surface area (Å²) in [5.41, 5.74) is 1.79. The van der Waals surface area contributed by atoms with E-state index in [0.29, 0.717) is 5.82 Å². The minimum absolute atomic E-state index is 0.600. The van der Waals surface area contributed by atoms with Crippen LogP contribution in [-0.4, -0.2) is 24.9 Å². The molecule has 6 heteroatoms. The van der Waals surface area contributed by atoms with E-state index in [9.17, 15) is 0 Å². The SMILES string of the molecule is Clc1ccnc2[nH]ccc12.On1cccc2ccnc1-2. The van der Waals surface area contributed by atoms with Crippen LogP contribution in [0.3, 0.4) is 0 Å². The van der Waals surface area contributed by atoms with Crippen molar-refractivity contribution in [1.82, 2.24) is 19.7 Å². The Morgan fingerprint density at radius 3 is 2.75 bits per heavy atom. The highest BCUT2D eigenvalue weighted by atomic mass is 35.5. The molecule has 4 heterocycles. The molecule has 2 aliphatic rings. The number of pyridine rings is 2. The Balaban J connectivity index is 0.000000121. The van der Waals surface area contributed by atoms with Crippen molar-refractivity contribution in [2.45, 2.75) is 0 Å². The molecule has 2 aromatic rings. The summed E-state index contributed by atoms with van der Waals surface area (Å²) in [7, 11) is 0. The summed E-state index contributed by atoms with van der Waals surface area (Å²) < 4.78 is 1.01. The zero-order valence-corrected chi connectivity index (χ0v) is 11.1. The molecular formula is C14H11ClN4O. The topological polar surface area (TPSA) is 66.7 Å². The zero-order valence-electron chi connectivity index (χ0n) is 10.4. The van der Waals surface area contributed by atoms with Crippen LogP contribution in [0.25, 0.3) is 22.4 Å². The van der Waals surface area contributed by atoms with Gasteiger partial charge in [-0.2, -0.15) is 4.73 Å². The van der Waals surface area contributed by atoms with Crippen molar-refractivity contribution in [3.63, 3.8) is 0 Å². The van der Waals surface area contributed by atoms with Gasteiger partial charge in [-0.25, -0.2) is 9.97 Å². The van der Waals surface area contributed by atoms with Gasteiger partial charge in [0.25, 0.3) is 0 Å². The molecule has 20 heavy (non-hydrogen) atoms. The van der Waals surface area contributed by atoms with E-state index >= 15 is 0 Å². The van der Waals surface area contributed by atoms with E-state index in [-0.39, 0.29) is 0 Å². The predicted octanol–water partition coefficient (Wildman–Crippen LogP) is 3.44. The molecule has 0 unspecified atom stereocenters. The Hall–Kier alpha value is -2.53. The van der Waals surface area contributed by atoms with E-state index in [4.69, 9.17) is 16.8 Å². The maximum atomic E-state index is 9.11. The second-order valence-electron chi connectivity index (χ2n) is 4.11. The maximum absolute atomic E-state index is 9.11. The van der Waals surface area contributed by atoms with Crippen molar-refractivity contribution >= 4 is 22.6 Å². The fourth-order valence-electron chi connectivity index (χ4n) is 1.88. The Morgan fingerprint density at radius 1 is 1.10 bits per heavy atom. The first kappa shape index (κ1) is 12.5. The fraction of sp³-hybridized carbons (Fsp3) is 0. The molecule has 0 radical (unpaired) electrons. The van der Waals surface area contributed by atoms with Crippen molar-refractivity contribution in [3.05, 3.63) is 60.1 Å². The van der Waals surface area contributed by atoms with E-state index in [1.165, 1.54) is 0 Å². The van der Waals surface area contributed by atoms with E-state index in [1.54, 1.807) is 30.7 Å². The summed E-state index contributed by atoms with van der Waals surface area (Å²) in [6.07, 6.45) is 6.72. The molecule has 2 N–H and O–H groups in total. The summed E-state index contributed by atoms with van der Waals surface area (Å²) in [5.74, 6) is 0.600. The minimum atomic E-state index is 0.600. The second kappa shape index (κ2) is 5.22. The average molecular weight is 287 g/mol. The molecule has 0 amide bonds. The first-order valence-corrected chi connectivity index (χ1v) is 6.32. The van der Waals surface area contributed by atoms with Gasteiger partial charge in [0.2, 0.25) is 0 Å². The van der Waals surface area contributed by atoms with Crippen LogP contribution in [0.1, 0.15) is 0 Å². The molecule has 2 aromatic heterocycles. The monoisotopic (exact) mass is 286 g/mol. The summed E-state index contributed by atoms with van der Waals surface area (Å²) in [5, 5.41) is 10.8. The number of hydrogen-bond acceptors (Lipinski definition) is 3. The summed E-state index contributed by atoms with van der Waals surface area (Å²) in [6, 6.07) is 9.20. The van der Waals surface area contributed by atoms with Gasteiger partial charge in [-0.15, -0.1) is 0 Å². The third-order valence-electron chi connectivity index (χ3n) is 2.84. The van der Waals surface area contributed by atoms with Gasteiger partial charge in [-0.1, -0.05) is 11.6 Å². The van der Waals surface area contributed by atoms with Crippen LogP contribution in [0.4, 0.5) is 0 Å². The number of aromatic nitrogens is 4. The van der Waals surface area contributed by atoms with E-state index in [1.807, 2.05) is 24.4 Å². The minimum Gasteiger partial charge on any atom is -0.427 e. The molecule has 0 atom stereocenters. The standard InChI is InChI=1S/C7H5ClN2.C7H6N2O/c8-6-2-4-10-7-5(6)1-3-9-7;10-9-5-1-2-6-3-4-8-7(6)9/h1-4H,(H,9,10);1-5,10H. The lowest BCUT2D eigenvalue weighted by Gasteiger charge is -2.00. The van der Waals surface area contributed by atoms with Gasteiger partial charge >= 0.3 is 0 Å². The van der Waals surface area contributed by atoms with Gasteiger partial charge in [-0.05, 0) is 30.3 Å². The number of nitrogens with zero attached hydrogens (tertiary/aromatic N) is 3. The van der Waals surface area contributed by atoms with Crippen molar-refractivity contribution in [3.8, 4) is 11.4 Å². The van der Waals surface area contributed by atoms with Crippen LogP contribution in [0.15, 0.2) is 55.1 Å². The number of nitrogens with one attached hydrogen (secondary N) is 1. The lowest BCUT2D eigenvalue weighted by molar-refractivity contribution is 0.187. The molecule has 5 nitrogen and oxygen atoms in total. The Morgan fingerprint density at radius 2 is 1.95 bits per heavy atom. The van der Waals surface area contributed by atoms with Crippen LogP contribution >= 0.6 is 11.6 Å². The smallest absolute Gasteiger partial charge is 0.175 e. The van der Waals surface area contributed by atoms with Crippen molar-refractivity contribution in [2.24, 2.45) is 0 Å².